The highest BCUT2D eigenvalue weighted by atomic mass is 19.4. The first kappa shape index (κ1) is 21.1. The number of alkyl halides is 3. The van der Waals surface area contributed by atoms with Gasteiger partial charge < -0.3 is 15.1 Å². The number of halogens is 3. The van der Waals surface area contributed by atoms with E-state index in [1.165, 1.54) is 0 Å². The molecule has 1 amide bonds. The molecule has 2 aliphatic rings. The number of carbonyl (C=O) groups is 1. The van der Waals surface area contributed by atoms with Crippen molar-refractivity contribution in [3.05, 3.63) is 30.3 Å². The summed E-state index contributed by atoms with van der Waals surface area (Å²) in [7, 11) is 4.06. The van der Waals surface area contributed by atoms with Gasteiger partial charge in [-0.1, -0.05) is 18.2 Å². The molecule has 28 heavy (non-hydrogen) atoms. The lowest BCUT2D eigenvalue weighted by molar-refractivity contribution is -0.154. The molecule has 2 aliphatic carbocycles. The van der Waals surface area contributed by atoms with E-state index in [2.05, 4.69) is 10.2 Å². The normalized spacial score (nSPS) is 27.2. The van der Waals surface area contributed by atoms with Gasteiger partial charge in [0.1, 0.15) is 0 Å². The van der Waals surface area contributed by atoms with Crippen LogP contribution in [0.25, 0.3) is 0 Å². The van der Waals surface area contributed by atoms with Gasteiger partial charge in [0, 0.05) is 11.7 Å². The van der Waals surface area contributed by atoms with E-state index in [1.807, 2.05) is 44.4 Å². The van der Waals surface area contributed by atoms with Crippen LogP contribution in [0.5, 0.6) is 0 Å². The molecular formula is C21H30F3N3O. The molecule has 2 saturated carbocycles. The van der Waals surface area contributed by atoms with Crippen molar-refractivity contribution in [1.29, 1.82) is 0 Å². The lowest BCUT2D eigenvalue weighted by Gasteiger charge is -2.34. The van der Waals surface area contributed by atoms with E-state index in [9.17, 15) is 18.0 Å². The minimum absolute atomic E-state index is 0.0840. The molecule has 0 aliphatic heterocycles. The molecule has 2 fully saturated rings. The average Bonchev–Trinajstić information content (AvgIpc) is 3.34. The van der Waals surface area contributed by atoms with Gasteiger partial charge in [-0.3, -0.25) is 4.79 Å². The van der Waals surface area contributed by atoms with Crippen LogP contribution in [0.15, 0.2) is 30.3 Å². The zero-order valence-electron chi connectivity index (χ0n) is 16.6. The number of rotatable bonds is 8. The monoisotopic (exact) mass is 397 g/mol. The summed E-state index contributed by atoms with van der Waals surface area (Å²) < 4.78 is 39.2. The van der Waals surface area contributed by atoms with E-state index in [0.717, 1.165) is 38.8 Å². The van der Waals surface area contributed by atoms with Crippen molar-refractivity contribution >= 4 is 11.6 Å². The van der Waals surface area contributed by atoms with Crippen molar-refractivity contribution < 1.29 is 18.0 Å². The SMILES string of the molecule is CN(C)CCCNC1CCCC1N(C(=O)C1CC1C(F)(F)F)c1ccccc1. The number of para-hydroxylation sites is 1. The van der Waals surface area contributed by atoms with Gasteiger partial charge in [0.2, 0.25) is 5.91 Å². The van der Waals surface area contributed by atoms with Crippen LogP contribution >= 0.6 is 0 Å². The smallest absolute Gasteiger partial charge is 0.312 e. The Balaban J connectivity index is 1.73. The maximum Gasteiger partial charge on any atom is 0.392 e. The quantitative estimate of drug-likeness (QED) is 0.680. The first-order valence-electron chi connectivity index (χ1n) is 10.1. The molecule has 4 nitrogen and oxygen atoms in total. The summed E-state index contributed by atoms with van der Waals surface area (Å²) in [5, 5.41) is 3.55. The fourth-order valence-corrected chi connectivity index (χ4v) is 4.25. The molecule has 1 aromatic carbocycles. The summed E-state index contributed by atoms with van der Waals surface area (Å²) in [6, 6.07) is 9.19. The van der Waals surface area contributed by atoms with E-state index in [1.54, 1.807) is 4.90 Å². The van der Waals surface area contributed by atoms with Gasteiger partial charge in [-0.05, 0) is 71.4 Å². The van der Waals surface area contributed by atoms with Gasteiger partial charge in [0.15, 0.2) is 0 Å². The third-order valence-corrected chi connectivity index (χ3v) is 5.80. The molecule has 3 rings (SSSR count). The number of amides is 1. The van der Waals surface area contributed by atoms with Crippen LogP contribution in [-0.2, 0) is 4.79 Å². The van der Waals surface area contributed by atoms with E-state index in [-0.39, 0.29) is 24.4 Å². The van der Waals surface area contributed by atoms with Crippen LogP contribution in [-0.4, -0.2) is 56.3 Å². The lowest BCUT2D eigenvalue weighted by Crippen LogP contribution is -2.51. The predicted octanol–water partition coefficient (Wildman–Crippen LogP) is 3.68. The summed E-state index contributed by atoms with van der Waals surface area (Å²) in [5.74, 6) is -2.80. The second-order valence-corrected chi connectivity index (χ2v) is 8.25. The summed E-state index contributed by atoms with van der Waals surface area (Å²) in [5.41, 5.74) is 0.701. The fraction of sp³-hybridized carbons (Fsp3) is 0.667. The second kappa shape index (κ2) is 8.82. The van der Waals surface area contributed by atoms with Gasteiger partial charge in [-0.15, -0.1) is 0 Å². The van der Waals surface area contributed by atoms with Crippen LogP contribution in [0, 0.1) is 11.8 Å². The van der Waals surface area contributed by atoms with Gasteiger partial charge in [0.05, 0.1) is 17.9 Å². The molecule has 0 saturated heterocycles. The molecule has 0 heterocycles. The highest BCUT2D eigenvalue weighted by molar-refractivity contribution is 5.97. The zero-order valence-corrected chi connectivity index (χ0v) is 16.6. The van der Waals surface area contributed by atoms with Gasteiger partial charge >= 0.3 is 6.18 Å². The van der Waals surface area contributed by atoms with Crippen molar-refractivity contribution in [3.8, 4) is 0 Å². The molecule has 0 bridgehead atoms. The van der Waals surface area contributed by atoms with Crippen LogP contribution in [0.1, 0.15) is 32.1 Å². The minimum atomic E-state index is -4.29. The van der Waals surface area contributed by atoms with Crippen LogP contribution < -0.4 is 10.2 Å². The lowest BCUT2D eigenvalue weighted by atomic mass is 10.1. The van der Waals surface area contributed by atoms with Crippen molar-refractivity contribution in [1.82, 2.24) is 10.2 Å². The number of hydrogen-bond acceptors (Lipinski definition) is 3. The molecule has 156 valence electrons. The molecule has 1 N–H and O–H groups in total. The standard InChI is InChI=1S/C21H30F3N3O/c1-26(2)13-7-12-25-18-10-6-11-19(18)27(15-8-4-3-5-9-15)20(28)16-14-17(16)21(22,23)24/h3-5,8-9,16-19,25H,6-7,10-14H2,1-2H3. The van der Waals surface area contributed by atoms with Crippen LogP contribution in [0.4, 0.5) is 18.9 Å². The van der Waals surface area contributed by atoms with Crippen LogP contribution in [0.2, 0.25) is 0 Å². The van der Waals surface area contributed by atoms with Crippen molar-refractivity contribution in [2.24, 2.45) is 11.8 Å². The van der Waals surface area contributed by atoms with E-state index >= 15 is 0 Å². The Morgan fingerprint density at radius 1 is 1.18 bits per heavy atom. The number of carbonyl (C=O) groups excluding carboxylic acids is 1. The van der Waals surface area contributed by atoms with E-state index in [0.29, 0.717) is 5.69 Å². The van der Waals surface area contributed by atoms with Crippen molar-refractivity contribution in [2.45, 2.75) is 50.4 Å². The minimum Gasteiger partial charge on any atom is -0.312 e. The van der Waals surface area contributed by atoms with E-state index in [4.69, 9.17) is 0 Å². The predicted molar refractivity (Wildman–Crippen MR) is 104 cm³/mol. The number of hydrogen-bond donors (Lipinski definition) is 1. The van der Waals surface area contributed by atoms with Gasteiger partial charge in [-0.2, -0.15) is 13.2 Å². The first-order chi connectivity index (χ1) is 13.3. The Kier molecular flexibility index (Phi) is 6.65. The van der Waals surface area contributed by atoms with Gasteiger partial charge in [0.25, 0.3) is 0 Å². The Labute approximate surface area is 165 Å². The molecule has 4 atom stereocenters. The Morgan fingerprint density at radius 3 is 2.50 bits per heavy atom. The maximum atomic E-state index is 13.1. The second-order valence-electron chi connectivity index (χ2n) is 8.25. The number of nitrogens with zero attached hydrogens (tertiary/aromatic N) is 2. The zero-order chi connectivity index (χ0) is 20.3. The molecule has 1 aromatic rings. The highest BCUT2D eigenvalue weighted by Gasteiger charge is 2.60. The Bertz CT molecular complexity index is 650. The molecule has 0 aromatic heterocycles. The molecule has 4 unspecified atom stereocenters. The first-order valence-corrected chi connectivity index (χ1v) is 10.1. The third kappa shape index (κ3) is 5.06. The largest absolute Gasteiger partial charge is 0.392 e. The number of anilines is 1. The highest BCUT2D eigenvalue weighted by Crippen LogP contribution is 2.51. The molecular weight excluding hydrogens is 367 g/mol. The van der Waals surface area contributed by atoms with Crippen molar-refractivity contribution in [2.75, 3.05) is 32.1 Å². The third-order valence-electron chi connectivity index (χ3n) is 5.80. The van der Waals surface area contributed by atoms with Crippen molar-refractivity contribution in [3.63, 3.8) is 0 Å². The van der Waals surface area contributed by atoms with Crippen LogP contribution in [0.3, 0.4) is 0 Å². The van der Waals surface area contributed by atoms with Gasteiger partial charge in [-0.25, -0.2) is 0 Å². The molecule has 0 spiro atoms. The number of benzene rings is 1. The number of nitrogens with one attached hydrogen (secondary N) is 1. The Hall–Kier alpha value is -1.60. The fourth-order valence-electron chi connectivity index (χ4n) is 4.25. The summed E-state index contributed by atoms with van der Waals surface area (Å²) >= 11 is 0. The summed E-state index contributed by atoms with van der Waals surface area (Å²) in [6.45, 7) is 1.81. The topological polar surface area (TPSA) is 35.6 Å². The maximum absolute atomic E-state index is 13.1. The Morgan fingerprint density at radius 2 is 1.89 bits per heavy atom. The van der Waals surface area contributed by atoms with E-state index < -0.39 is 18.0 Å². The molecule has 7 heteroatoms. The average molecular weight is 397 g/mol. The molecule has 0 radical (unpaired) electrons. The summed E-state index contributed by atoms with van der Waals surface area (Å²) in [4.78, 5) is 16.9. The summed E-state index contributed by atoms with van der Waals surface area (Å²) in [6.07, 6.45) is -0.651.